The van der Waals surface area contributed by atoms with E-state index < -0.39 is 14.4 Å². The molecule has 0 aliphatic carbocycles. The van der Waals surface area contributed by atoms with Crippen LogP contribution >= 0.6 is 0 Å². The Hall–Kier alpha value is -2.34. The third-order valence-corrected chi connectivity index (χ3v) is 8.42. The highest BCUT2D eigenvalue weighted by Crippen LogP contribution is 2.20. The van der Waals surface area contributed by atoms with Crippen molar-refractivity contribution in [2.24, 2.45) is 4.99 Å². The smallest absolute Gasteiger partial charge is 0.411 e. The van der Waals surface area contributed by atoms with E-state index in [0.29, 0.717) is 5.92 Å². The largest absolute Gasteiger partial charge is 0.476 e. The number of benzene rings is 3. The van der Waals surface area contributed by atoms with E-state index in [1.807, 2.05) is 6.21 Å². The first kappa shape index (κ1) is 22.3. The number of aryl methyl sites for hydroxylation is 2. The molecule has 0 fully saturated rings. The van der Waals surface area contributed by atoms with Gasteiger partial charge in [0.1, 0.15) is 0 Å². The first-order valence-corrected chi connectivity index (χ1v) is 13.3. The van der Waals surface area contributed by atoms with Gasteiger partial charge in [-0.3, -0.25) is 4.99 Å². The van der Waals surface area contributed by atoms with Crippen LogP contribution in [0.4, 0.5) is 11.4 Å². The normalized spacial score (nSPS) is 11.2. The van der Waals surface area contributed by atoms with Gasteiger partial charge in [0.15, 0.2) is 0 Å². The number of hydrogen-bond donors (Lipinski definition) is 1. The van der Waals surface area contributed by atoms with E-state index in [2.05, 4.69) is 105 Å². The molecule has 0 aromatic heterocycles. The lowest BCUT2D eigenvalue weighted by molar-refractivity contribution is 0.867. The number of rotatable bonds is 9. The van der Waals surface area contributed by atoms with E-state index in [1.54, 1.807) is 0 Å². The van der Waals surface area contributed by atoms with E-state index in [0.717, 1.165) is 12.1 Å². The third kappa shape index (κ3) is 6.33. The highest BCUT2D eigenvalue weighted by molar-refractivity contribution is 6.62. The molecule has 154 valence electrons. The minimum Gasteiger partial charge on any atom is -0.476 e. The third-order valence-electron chi connectivity index (χ3n) is 5.73. The minimum atomic E-state index is -1.05. The summed E-state index contributed by atoms with van der Waals surface area (Å²) in [6.07, 6.45) is 3.12. The lowest BCUT2D eigenvalue weighted by Crippen LogP contribution is -2.24. The fourth-order valence-corrected chi connectivity index (χ4v) is 5.82. The Morgan fingerprint density at radius 2 is 1.63 bits per heavy atom. The standard InChI is InChI=1S/C18H20N.C7H8N.C2H5.Al/c1-4-15-7-5-6-8-17(15)13-19-18-11-9-16(10-12-18)14(2)3;1-6-4-2-3-5-7(6)8;1-2;/h5-14H,1,4H2,2-3H3;2-5,8H,1H3;1H2,2H3;/q;-1;;+1. The van der Waals surface area contributed by atoms with Gasteiger partial charge < -0.3 is 4.30 Å². The summed E-state index contributed by atoms with van der Waals surface area (Å²) in [4.78, 5) is 4.73. The zero-order valence-corrected chi connectivity index (χ0v) is 19.9. The van der Waals surface area contributed by atoms with Crippen molar-refractivity contribution in [3.05, 3.63) is 95.1 Å². The van der Waals surface area contributed by atoms with Gasteiger partial charge >= 0.3 is 14.4 Å². The van der Waals surface area contributed by atoms with E-state index >= 15 is 0 Å². The second-order valence-electron chi connectivity index (χ2n) is 8.31. The molecule has 0 aliphatic rings. The van der Waals surface area contributed by atoms with Gasteiger partial charge in [-0.2, -0.15) is 0 Å². The molecule has 0 saturated heterocycles. The first-order chi connectivity index (χ1) is 14.6. The van der Waals surface area contributed by atoms with Crippen LogP contribution in [0.1, 0.15) is 48.9 Å². The van der Waals surface area contributed by atoms with Crippen LogP contribution in [0.5, 0.6) is 0 Å². The molecule has 3 rings (SSSR count). The predicted molar refractivity (Wildman–Crippen MR) is 134 cm³/mol. The molecule has 0 atom stereocenters. The number of aliphatic imine (C=N–C) groups is 1. The first-order valence-electron chi connectivity index (χ1n) is 11.1. The Balaban J connectivity index is 1.66. The Morgan fingerprint density at radius 1 is 0.933 bits per heavy atom. The fourth-order valence-electron chi connectivity index (χ4n) is 3.64. The second kappa shape index (κ2) is 11.2. The molecular weight excluding hydrogens is 379 g/mol. The SMILES string of the molecule is C[CH2][Al]([CH2]Cc1ccccc1C=Nc1ccc(C(C)C)cc1)[NH]c1ccccc1C. The van der Waals surface area contributed by atoms with Crippen molar-refractivity contribution in [1.29, 1.82) is 0 Å². The summed E-state index contributed by atoms with van der Waals surface area (Å²) in [6, 6.07) is 25.9. The highest BCUT2D eigenvalue weighted by Gasteiger charge is 2.17. The maximum absolute atomic E-state index is 4.73. The van der Waals surface area contributed by atoms with Gasteiger partial charge in [0.25, 0.3) is 0 Å². The van der Waals surface area contributed by atoms with Crippen LogP contribution in [-0.2, 0) is 6.42 Å². The average Bonchev–Trinajstić information content (AvgIpc) is 2.77. The molecule has 3 heteroatoms. The van der Waals surface area contributed by atoms with Crippen molar-refractivity contribution in [3.8, 4) is 0 Å². The Labute approximate surface area is 186 Å². The predicted octanol–water partition coefficient (Wildman–Crippen LogP) is 7.54. The van der Waals surface area contributed by atoms with Crippen LogP contribution in [0.2, 0.25) is 10.6 Å². The molecule has 0 aliphatic heterocycles. The summed E-state index contributed by atoms with van der Waals surface area (Å²) in [5.41, 5.74) is 7.61. The van der Waals surface area contributed by atoms with Crippen LogP contribution in [0.3, 0.4) is 0 Å². The molecule has 30 heavy (non-hydrogen) atoms. The van der Waals surface area contributed by atoms with Crippen LogP contribution < -0.4 is 4.30 Å². The summed E-state index contributed by atoms with van der Waals surface area (Å²) >= 11 is -1.05. The van der Waals surface area contributed by atoms with Gasteiger partial charge in [0.2, 0.25) is 0 Å². The fraction of sp³-hybridized carbons (Fsp3) is 0.296. The zero-order chi connectivity index (χ0) is 21.3. The summed E-state index contributed by atoms with van der Waals surface area (Å²) in [7, 11) is 0. The van der Waals surface area contributed by atoms with Crippen LogP contribution in [0.25, 0.3) is 0 Å². The molecule has 0 spiro atoms. The maximum Gasteiger partial charge on any atom is 0.411 e. The molecule has 0 amide bonds. The maximum atomic E-state index is 4.73. The molecule has 0 saturated carbocycles. The molecule has 3 aromatic carbocycles. The molecule has 1 N–H and O–H groups in total. The lowest BCUT2D eigenvalue weighted by Gasteiger charge is -2.16. The number of nitrogens with zero attached hydrogens (tertiary/aromatic N) is 1. The number of anilines is 1. The van der Waals surface area contributed by atoms with E-state index in [-0.39, 0.29) is 0 Å². The molecular formula is C27H33AlN2. The lowest BCUT2D eigenvalue weighted by atomic mass is 10.0. The van der Waals surface area contributed by atoms with Crippen LogP contribution in [-0.4, -0.2) is 20.6 Å². The second-order valence-corrected chi connectivity index (χ2v) is 11.4. The van der Waals surface area contributed by atoms with Gasteiger partial charge in [-0.1, -0.05) is 85.9 Å². The number of para-hydroxylation sites is 1. The molecule has 0 radical (unpaired) electrons. The summed E-state index contributed by atoms with van der Waals surface area (Å²) < 4.78 is 3.86. The molecule has 0 bridgehead atoms. The Bertz CT molecular complexity index is 961. The zero-order valence-electron chi connectivity index (χ0n) is 18.7. The Morgan fingerprint density at radius 3 is 2.33 bits per heavy atom. The van der Waals surface area contributed by atoms with E-state index in [1.165, 1.54) is 38.5 Å². The average molecular weight is 413 g/mol. The number of nitrogens with one attached hydrogen (secondary N) is 1. The monoisotopic (exact) mass is 412 g/mol. The highest BCUT2D eigenvalue weighted by atomic mass is 27.2. The van der Waals surface area contributed by atoms with Gasteiger partial charge in [0, 0.05) is 11.9 Å². The minimum absolute atomic E-state index is 0.549. The van der Waals surface area contributed by atoms with Crippen molar-refractivity contribution >= 4 is 32.0 Å². The van der Waals surface area contributed by atoms with Gasteiger partial charge in [-0.15, -0.1) is 0 Å². The van der Waals surface area contributed by atoms with E-state index in [4.69, 9.17) is 4.99 Å². The quantitative estimate of drug-likeness (QED) is 0.285. The van der Waals surface area contributed by atoms with Gasteiger partial charge in [-0.25, -0.2) is 0 Å². The summed E-state index contributed by atoms with van der Waals surface area (Å²) in [5.74, 6) is 0.549. The van der Waals surface area contributed by atoms with Gasteiger partial charge in [0.05, 0.1) is 5.69 Å². The van der Waals surface area contributed by atoms with Crippen molar-refractivity contribution < 1.29 is 0 Å². The molecule has 2 nitrogen and oxygen atoms in total. The van der Waals surface area contributed by atoms with E-state index in [9.17, 15) is 0 Å². The molecule has 3 aromatic rings. The van der Waals surface area contributed by atoms with Gasteiger partial charge in [-0.05, 0) is 59.7 Å². The number of hydrogen-bond acceptors (Lipinski definition) is 2. The van der Waals surface area contributed by atoms with Crippen molar-refractivity contribution in [1.82, 2.24) is 0 Å². The van der Waals surface area contributed by atoms with Crippen LogP contribution in [0.15, 0.2) is 77.8 Å². The summed E-state index contributed by atoms with van der Waals surface area (Å²) in [5, 5.41) is 2.48. The molecule has 0 heterocycles. The van der Waals surface area contributed by atoms with Crippen molar-refractivity contribution in [3.63, 3.8) is 0 Å². The summed E-state index contributed by atoms with van der Waals surface area (Å²) in [6.45, 7) is 8.93. The van der Waals surface area contributed by atoms with Crippen molar-refractivity contribution in [2.75, 3.05) is 4.30 Å². The molecule has 0 unspecified atom stereocenters. The topological polar surface area (TPSA) is 24.4 Å². The van der Waals surface area contributed by atoms with Crippen LogP contribution in [0, 0.1) is 6.92 Å². The van der Waals surface area contributed by atoms with Crippen molar-refractivity contribution in [2.45, 2.75) is 50.6 Å². The Kier molecular flexibility index (Phi) is 8.32.